The van der Waals surface area contributed by atoms with Crippen LogP contribution in [0.25, 0.3) is 0 Å². The number of hydrogen-bond acceptors (Lipinski definition) is 4. The van der Waals surface area contributed by atoms with Crippen molar-refractivity contribution in [3.8, 4) is 0 Å². The Hall–Kier alpha value is -0.550. The first-order valence-electron chi connectivity index (χ1n) is 4.53. The lowest BCUT2D eigenvalue weighted by Crippen LogP contribution is -2.00. The van der Waals surface area contributed by atoms with E-state index in [1.807, 2.05) is 22.6 Å². The van der Waals surface area contributed by atoms with Crippen molar-refractivity contribution in [3.05, 3.63) is 11.9 Å². The average Bonchev–Trinajstić information content (AvgIpc) is 2.60. The topological polar surface area (TPSA) is 56.7 Å². The van der Waals surface area contributed by atoms with Gasteiger partial charge in [0.2, 0.25) is 0 Å². The minimum atomic E-state index is 0.476. The fourth-order valence-corrected chi connectivity index (χ4v) is 1.64. The van der Waals surface area contributed by atoms with E-state index in [9.17, 15) is 0 Å². The van der Waals surface area contributed by atoms with E-state index in [1.165, 1.54) is 11.5 Å². The first-order chi connectivity index (χ1) is 6.36. The summed E-state index contributed by atoms with van der Waals surface area (Å²) >= 11 is 1.95. The molecule has 1 aromatic rings. The molecule has 0 unspecified atom stereocenters. The number of aryl methyl sites for hydroxylation is 1. The molecule has 1 rings (SSSR count). The predicted molar refractivity (Wildman–Crippen MR) is 55.5 cm³/mol. The van der Waals surface area contributed by atoms with Crippen LogP contribution in [0.15, 0.2) is 6.20 Å². The van der Waals surface area contributed by atoms with Gasteiger partial charge in [0.05, 0.1) is 5.69 Å². The first kappa shape index (κ1) is 10.5. The molecule has 1 aromatic heterocycles. The Labute approximate surface area is 82.9 Å². The van der Waals surface area contributed by atoms with Crippen molar-refractivity contribution in [2.24, 2.45) is 5.73 Å². The molecule has 5 heteroatoms. The fourth-order valence-electron chi connectivity index (χ4n) is 1.01. The highest BCUT2D eigenvalue weighted by molar-refractivity contribution is 7.99. The van der Waals surface area contributed by atoms with Gasteiger partial charge in [0.1, 0.15) is 0 Å². The normalized spacial score (nSPS) is 10.6. The average molecular weight is 200 g/mol. The molecule has 0 bridgehead atoms. The van der Waals surface area contributed by atoms with Crippen LogP contribution in [0.4, 0.5) is 0 Å². The molecule has 0 aliphatic carbocycles. The van der Waals surface area contributed by atoms with E-state index in [1.54, 1.807) is 0 Å². The lowest BCUT2D eigenvalue weighted by atomic mass is 10.4. The molecule has 0 amide bonds. The highest BCUT2D eigenvalue weighted by Crippen LogP contribution is 2.02. The molecule has 0 aliphatic heterocycles. The summed E-state index contributed by atoms with van der Waals surface area (Å²) in [6, 6.07) is 0. The van der Waals surface area contributed by atoms with Gasteiger partial charge in [-0.05, 0) is 17.9 Å². The van der Waals surface area contributed by atoms with Crippen LogP contribution in [0.5, 0.6) is 0 Å². The summed E-state index contributed by atoms with van der Waals surface area (Å²) in [5.74, 6) is 2.37. The van der Waals surface area contributed by atoms with Gasteiger partial charge in [-0.2, -0.15) is 11.8 Å². The summed E-state index contributed by atoms with van der Waals surface area (Å²) in [5.41, 5.74) is 6.28. The lowest BCUT2D eigenvalue weighted by Gasteiger charge is -1.98. The summed E-state index contributed by atoms with van der Waals surface area (Å²) < 4.78 is 1.86. The van der Waals surface area contributed by atoms with Crippen LogP contribution in [0, 0.1) is 0 Å². The van der Waals surface area contributed by atoms with E-state index in [0.717, 1.165) is 18.7 Å². The fraction of sp³-hybridized carbons (Fsp3) is 0.750. The maximum atomic E-state index is 5.42. The van der Waals surface area contributed by atoms with E-state index in [0.29, 0.717) is 6.54 Å². The van der Waals surface area contributed by atoms with Crippen molar-refractivity contribution in [3.63, 3.8) is 0 Å². The molecule has 0 aromatic carbocycles. The Morgan fingerprint density at radius 3 is 3.08 bits per heavy atom. The van der Waals surface area contributed by atoms with Gasteiger partial charge in [-0.25, -0.2) is 0 Å². The van der Waals surface area contributed by atoms with Gasteiger partial charge in [0.25, 0.3) is 0 Å². The Balaban J connectivity index is 2.20. The van der Waals surface area contributed by atoms with E-state index < -0.39 is 0 Å². The van der Waals surface area contributed by atoms with Crippen molar-refractivity contribution >= 4 is 11.8 Å². The largest absolute Gasteiger partial charge is 0.325 e. The lowest BCUT2D eigenvalue weighted by molar-refractivity contribution is 0.582. The van der Waals surface area contributed by atoms with Crippen molar-refractivity contribution in [2.75, 3.05) is 11.5 Å². The molecule has 0 saturated heterocycles. The van der Waals surface area contributed by atoms with Gasteiger partial charge in [0.15, 0.2) is 0 Å². The quantitative estimate of drug-likeness (QED) is 0.693. The molecule has 0 radical (unpaired) electrons. The molecular weight excluding hydrogens is 184 g/mol. The second-order valence-electron chi connectivity index (χ2n) is 2.73. The number of hydrogen-bond donors (Lipinski definition) is 1. The molecule has 1 heterocycles. The molecule has 0 aliphatic rings. The van der Waals surface area contributed by atoms with E-state index in [-0.39, 0.29) is 0 Å². The van der Waals surface area contributed by atoms with Crippen molar-refractivity contribution in [2.45, 2.75) is 26.4 Å². The zero-order valence-electron chi connectivity index (χ0n) is 7.94. The summed E-state index contributed by atoms with van der Waals surface area (Å²) in [5, 5.41) is 7.88. The Kier molecular flexibility index (Phi) is 4.85. The van der Waals surface area contributed by atoms with Crippen molar-refractivity contribution in [1.82, 2.24) is 15.0 Å². The number of nitrogens with zero attached hydrogens (tertiary/aromatic N) is 3. The SMILES string of the molecule is CCSCCCn1cc(CN)nn1. The highest BCUT2D eigenvalue weighted by atomic mass is 32.2. The van der Waals surface area contributed by atoms with Gasteiger partial charge in [0, 0.05) is 19.3 Å². The zero-order chi connectivity index (χ0) is 9.52. The summed E-state index contributed by atoms with van der Waals surface area (Å²) in [6.07, 6.45) is 3.06. The molecule has 4 nitrogen and oxygen atoms in total. The van der Waals surface area contributed by atoms with Crippen LogP contribution in [0.2, 0.25) is 0 Å². The standard InChI is InChI=1S/C8H16N4S/c1-2-13-5-3-4-12-7-8(6-9)10-11-12/h7H,2-6,9H2,1H3. The monoisotopic (exact) mass is 200 g/mol. The van der Waals surface area contributed by atoms with E-state index in [2.05, 4.69) is 17.2 Å². The molecule has 2 N–H and O–H groups in total. The van der Waals surface area contributed by atoms with Crippen LogP contribution in [-0.2, 0) is 13.1 Å². The van der Waals surface area contributed by atoms with Crippen LogP contribution >= 0.6 is 11.8 Å². The Bertz CT molecular complexity index is 236. The number of thioether (sulfide) groups is 1. The van der Waals surface area contributed by atoms with Gasteiger partial charge in [-0.15, -0.1) is 5.10 Å². The molecule has 13 heavy (non-hydrogen) atoms. The number of aromatic nitrogens is 3. The third kappa shape index (κ3) is 3.78. The maximum Gasteiger partial charge on any atom is 0.0962 e. The number of rotatable bonds is 6. The predicted octanol–water partition coefficient (Wildman–Crippen LogP) is 0.880. The van der Waals surface area contributed by atoms with Gasteiger partial charge in [-0.1, -0.05) is 12.1 Å². The summed E-state index contributed by atoms with van der Waals surface area (Å²) in [4.78, 5) is 0. The minimum absolute atomic E-state index is 0.476. The zero-order valence-corrected chi connectivity index (χ0v) is 8.76. The van der Waals surface area contributed by atoms with Crippen molar-refractivity contribution < 1.29 is 0 Å². The smallest absolute Gasteiger partial charge is 0.0962 e. The maximum absolute atomic E-state index is 5.42. The summed E-state index contributed by atoms with van der Waals surface area (Å²) in [7, 11) is 0. The third-order valence-electron chi connectivity index (χ3n) is 1.68. The van der Waals surface area contributed by atoms with Gasteiger partial charge in [-0.3, -0.25) is 4.68 Å². The Morgan fingerprint density at radius 2 is 2.46 bits per heavy atom. The van der Waals surface area contributed by atoms with Crippen molar-refractivity contribution in [1.29, 1.82) is 0 Å². The molecule has 0 atom stereocenters. The van der Waals surface area contributed by atoms with E-state index in [4.69, 9.17) is 5.73 Å². The second kappa shape index (κ2) is 5.99. The van der Waals surface area contributed by atoms with Crippen LogP contribution in [0.1, 0.15) is 19.0 Å². The highest BCUT2D eigenvalue weighted by Gasteiger charge is 1.97. The van der Waals surface area contributed by atoms with Gasteiger partial charge < -0.3 is 5.73 Å². The second-order valence-corrected chi connectivity index (χ2v) is 4.12. The molecule has 0 saturated carbocycles. The van der Waals surface area contributed by atoms with Crippen LogP contribution in [0.3, 0.4) is 0 Å². The molecule has 0 spiro atoms. The van der Waals surface area contributed by atoms with Gasteiger partial charge >= 0.3 is 0 Å². The minimum Gasteiger partial charge on any atom is -0.325 e. The molecule has 0 fully saturated rings. The Morgan fingerprint density at radius 1 is 1.62 bits per heavy atom. The third-order valence-corrected chi connectivity index (χ3v) is 2.66. The molecular formula is C8H16N4S. The first-order valence-corrected chi connectivity index (χ1v) is 5.69. The van der Waals surface area contributed by atoms with E-state index >= 15 is 0 Å². The summed E-state index contributed by atoms with van der Waals surface area (Å²) in [6.45, 7) is 3.59. The van der Waals surface area contributed by atoms with Crippen LogP contribution < -0.4 is 5.73 Å². The molecule has 74 valence electrons. The van der Waals surface area contributed by atoms with Crippen LogP contribution in [-0.4, -0.2) is 26.5 Å². The number of nitrogens with two attached hydrogens (primary N) is 1.